The first-order valence-electron chi connectivity index (χ1n) is 13.9. The van der Waals surface area contributed by atoms with Crippen LogP contribution in [0.1, 0.15) is 38.7 Å². The average molecular weight is 635 g/mol. The zero-order valence-corrected chi connectivity index (χ0v) is 26.2. The maximum absolute atomic E-state index is 13.2. The molecule has 1 aliphatic heterocycles. The molecule has 1 atom stereocenters. The summed E-state index contributed by atoms with van der Waals surface area (Å²) in [7, 11) is -3.33. The second kappa shape index (κ2) is 15.0. The molecule has 0 bridgehead atoms. The number of piperidine rings is 1. The van der Waals surface area contributed by atoms with Gasteiger partial charge in [0, 0.05) is 24.0 Å². The van der Waals surface area contributed by atoms with E-state index in [-0.39, 0.29) is 36.6 Å². The van der Waals surface area contributed by atoms with Crippen molar-refractivity contribution in [3.63, 3.8) is 0 Å². The number of rotatable bonds is 12. The molecule has 0 radical (unpaired) electrons. The van der Waals surface area contributed by atoms with Crippen molar-refractivity contribution in [2.24, 2.45) is 0 Å². The van der Waals surface area contributed by atoms with Gasteiger partial charge in [-0.15, -0.1) is 12.4 Å². The third kappa shape index (κ3) is 11.8. The van der Waals surface area contributed by atoms with Crippen LogP contribution in [0.25, 0.3) is 0 Å². The first-order valence-corrected chi connectivity index (χ1v) is 15.8. The van der Waals surface area contributed by atoms with E-state index in [1.165, 1.54) is 24.3 Å². The highest BCUT2D eigenvalue weighted by atomic mass is 35.5. The summed E-state index contributed by atoms with van der Waals surface area (Å²) in [6, 6.07) is 19.7. The standard InChI is InChI=1S/C31H39FN4O5S.ClH/c1-31(2,38)20-29(30(37)34-24-8-6-23(32)7-9-24)33-25-16-18-36(19-17-25)21-22-4-12-27(13-5-22)41-28-14-10-26(11-15-28)35-42(3,39)40;/h4-15,25,29,33,35,38H,16-21H2,1-3H3,(H,34,37);1H. The van der Waals surface area contributed by atoms with Crippen molar-refractivity contribution < 1.29 is 27.4 Å². The fraction of sp³-hybridized carbons (Fsp3) is 0.387. The first-order chi connectivity index (χ1) is 19.8. The minimum absolute atomic E-state index is 0. The molecule has 0 aliphatic carbocycles. The van der Waals surface area contributed by atoms with Gasteiger partial charge in [0.05, 0.1) is 17.9 Å². The molecule has 0 aromatic heterocycles. The Kier molecular flexibility index (Phi) is 11.9. The van der Waals surface area contributed by atoms with Crippen LogP contribution in [0.4, 0.5) is 15.8 Å². The Hall–Kier alpha value is -3.22. The Balaban J connectivity index is 0.00000506. The summed E-state index contributed by atoms with van der Waals surface area (Å²) in [5.74, 6) is 0.659. The van der Waals surface area contributed by atoms with E-state index in [1.807, 2.05) is 24.3 Å². The largest absolute Gasteiger partial charge is 0.457 e. The molecule has 1 unspecified atom stereocenters. The summed E-state index contributed by atoms with van der Waals surface area (Å²) < 4.78 is 44.3. The smallest absolute Gasteiger partial charge is 0.241 e. The summed E-state index contributed by atoms with van der Waals surface area (Å²) in [6.07, 6.45) is 3.07. The number of hydrogen-bond donors (Lipinski definition) is 4. The lowest BCUT2D eigenvalue weighted by Gasteiger charge is -2.35. The Morgan fingerprint density at radius 1 is 0.977 bits per heavy atom. The summed E-state index contributed by atoms with van der Waals surface area (Å²) in [5, 5.41) is 16.7. The summed E-state index contributed by atoms with van der Waals surface area (Å²) in [6.45, 7) is 5.87. The number of nitrogens with zero attached hydrogens (tertiary/aromatic N) is 1. The molecule has 3 aromatic carbocycles. The molecule has 1 saturated heterocycles. The van der Waals surface area contributed by atoms with Crippen LogP contribution in [0, 0.1) is 5.82 Å². The third-order valence-electron chi connectivity index (χ3n) is 6.88. The number of benzene rings is 3. The molecule has 43 heavy (non-hydrogen) atoms. The molecule has 1 fully saturated rings. The second-order valence-corrected chi connectivity index (χ2v) is 13.2. The number of hydrogen-bond acceptors (Lipinski definition) is 7. The fourth-order valence-electron chi connectivity index (χ4n) is 4.89. The Morgan fingerprint density at radius 2 is 1.51 bits per heavy atom. The molecule has 3 aromatic rings. The summed E-state index contributed by atoms with van der Waals surface area (Å²) >= 11 is 0. The lowest BCUT2D eigenvalue weighted by molar-refractivity contribution is -0.120. The molecular weight excluding hydrogens is 595 g/mol. The topological polar surface area (TPSA) is 120 Å². The zero-order chi connectivity index (χ0) is 30.3. The number of halogens is 2. The quantitative estimate of drug-likeness (QED) is 0.218. The van der Waals surface area contributed by atoms with Crippen LogP contribution in [0.3, 0.4) is 0 Å². The third-order valence-corrected chi connectivity index (χ3v) is 7.49. The number of ether oxygens (including phenoxy) is 1. The molecule has 4 N–H and O–H groups in total. The molecule has 12 heteroatoms. The van der Waals surface area contributed by atoms with E-state index in [1.54, 1.807) is 38.1 Å². The van der Waals surface area contributed by atoms with Gasteiger partial charge in [-0.25, -0.2) is 12.8 Å². The van der Waals surface area contributed by atoms with Crippen molar-refractivity contribution in [3.8, 4) is 11.5 Å². The molecule has 1 aliphatic rings. The molecule has 1 heterocycles. The number of anilines is 2. The van der Waals surface area contributed by atoms with Gasteiger partial charge in [-0.2, -0.15) is 0 Å². The average Bonchev–Trinajstić information content (AvgIpc) is 2.91. The summed E-state index contributed by atoms with van der Waals surface area (Å²) in [4.78, 5) is 15.4. The van der Waals surface area contributed by atoms with Gasteiger partial charge in [0.25, 0.3) is 0 Å². The fourth-order valence-corrected chi connectivity index (χ4v) is 5.46. The predicted octanol–water partition coefficient (Wildman–Crippen LogP) is 5.13. The van der Waals surface area contributed by atoms with Gasteiger partial charge in [-0.1, -0.05) is 12.1 Å². The number of carbonyl (C=O) groups excluding carboxylic acids is 1. The number of likely N-dealkylation sites (tertiary alicyclic amines) is 1. The van der Waals surface area contributed by atoms with Crippen molar-refractivity contribution >= 4 is 39.7 Å². The highest BCUT2D eigenvalue weighted by Gasteiger charge is 2.30. The monoisotopic (exact) mass is 634 g/mol. The maximum Gasteiger partial charge on any atom is 0.241 e. The van der Waals surface area contributed by atoms with Gasteiger partial charge in [0.1, 0.15) is 17.3 Å². The van der Waals surface area contributed by atoms with Gasteiger partial charge >= 0.3 is 0 Å². The zero-order valence-electron chi connectivity index (χ0n) is 24.5. The van der Waals surface area contributed by atoms with Crippen LogP contribution in [0.15, 0.2) is 72.8 Å². The Bertz CT molecular complexity index is 1420. The van der Waals surface area contributed by atoms with E-state index in [9.17, 15) is 22.7 Å². The van der Waals surface area contributed by atoms with Crippen LogP contribution < -0.4 is 20.1 Å². The SMILES string of the molecule is CC(C)(O)CC(NC1CCN(Cc2ccc(Oc3ccc(NS(C)(=O)=O)cc3)cc2)CC1)C(=O)Nc1ccc(F)cc1.Cl. The molecule has 0 spiro atoms. The van der Waals surface area contributed by atoms with E-state index in [0.717, 1.165) is 44.3 Å². The van der Waals surface area contributed by atoms with Gasteiger partial charge in [-0.05, 0) is 112 Å². The van der Waals surface area contributed by atoms with Crippen molar-refractivity contribution in [1.29, 1.82) is 0 Å². The van der Waals surface area contributed by atoms with Crippen molar-refractivity contribution in [2.45, 2.75) is 57.3 Å². The van der Waals surface area contributed by atoms with E-state index >= 15 is 0 Å². The molecule has 1 amide bonds. The molecule has 9 nitrogen and oxygen atoms in total. The second-order valence-electron chi connectivity index (χ2n) is 11.4. The molecule has 4 rings (SSSR count). The van der Waals surface area contributed by atoms with E-state index < -0.39 is 21.7 Å². The van der Waals surface area contributed by atoms with Crippen molar-refractivity contribution in [2.75, 3.05) is 29.4 Å². The maximum atomic E-state index is 13.2. The van der Waals surface area contributed by atoms with Gasteiger partial charge < -0.3 is 20.5 Å². The van der Waals surface area contributed by atoms with Crippen LogP contribution in [0.2, 0.25) is 0 Å². The Labute approximate surface area is 259 Å². The number of carbonyl (C=O) groups is 1. The minimum Gasteiger partial charge on any atom is -0.457 e. The van der Waals surface area contributed by atoms with Crippen LogP contribution in [-0.4, -0.2) is 61.4 Å². The lowest BCUT2D eigenvalue weighted by Crippen LogP contribution is -2.52. The molecular formula is C31H40ClFN4O5S. The highest BCUT2D eigenvalue weighted by molar-refractivity contribution is 7.92. The normalized spacial score (nSPS) is 15.3. The summed E-state index contributed by atoms with van der Waals surface area (Å²) in [5.41, 5.74) is 1.10. The molecule has 0 saturated carbocycles. The Morgan fingerprint density at radius 3 is 2.05 bits per heavy atom. The van der Waals surface area contributed by atoms with Crippen molar-refractivity contribution in [1.82, 2.24) is 10.2 Å². The van der Waals surface area contributed by atoms with Gasteiger partial charge in [0.2, 0.25) is 15.9 Å². The predicted molar refractivity (Wildman–Crippen MR) is 170 cm³/mol. The van der Waals surface area contributed by atoms with Gasteiger partial charge in [-0.3, -0.25) is 14.4 Å². The number of amides is 1. The number of nitrogens with one attached hydrogen (secondary N) is 3. The van der Waals surface area contributed by atoms with Crippen LogP contribution in [0.5, 0.6) is 11.5 Å². The van der Waals surface area contributed by atoms with Crippen LogP contribution in [-0.2, 0) is 21.4 Å². The van der Waals surface area contributed by atoms with Gasteiger partial charge in [0.15, 0.2) is 0 Å². The minimum atomic E-state index is -3.33. The van der Waals surface area contributed by atoms with E-state index in [2.05, 4.69) is 20.3 Å². The number of aliphatic hydroxyl groups is 1. The lowest BCUT2D eigenvalue weighted by atomic mass is 9.96. The highest BCUT2D eigenvalue weighted by Crippen LogP contribution is 2.25. The van der Waals surface area contributed by atoms with Crippen molar-refractivity contribution in [3.05, 3.63) is 84.2 Å². The number of sulfonamides is 1. The molecule has 234 valence electrons. The first kappa shape index (κ1) is 34.3. The van der Waals surface area contributed by atoms with Crippen LogP contribution >= 0.6 is 12.4 Å². The van der Waals surface area contributed by atoms with E-state index in [0.29, 0.717) is 22.9 Å². The van der Waals surface area contributed by atoms with E-state index in [4.69, 9.17) is 4.74 Å².